The monoisotopic (exact) mass is 502 g/mol. The minimum atomic E-state index is -0.340. The van der Waals surface area contributed by atoms with Gasteiger partial charge in [0.2, 0.25) is 5.75 Å². The summed E-state index contributed by atoms with van der Waals surface area (Å²) in [7, 11) is 6.91. The molecule has 0 radical (unpaired) electrons. The molecule has 5 aliphatic heterocycles. The Balaban J connectivity index is 1.35. The summed E-state index contributed by atoms with van der Waals surface area (Å²) >= 11 is 0. The molecule has 0 aromatic heterocycles. The van der Waals surface area contributed by atoms with E-state index >= 15 is 0 Å². The summed E-state index contributed by atoms with van der Waals surface area (Å²) < 4.78 is 23.2. The average Bonchev–Trinajstić information content (AvgIpc) is 3.34. The number of nitrogens with zero attached hydrogens (tertiary/aromatic N) is 2. The van der Waals surface area contributed by atoms with Crippen molar-refractivity contribution in [1.29, 1.82) is 0 Å². The number of fused-ring (bicyclic) bond motifs is 2. The molecule has 1 aliphatic carbocycles. The average molecular weight is 503 g/mol. The van der Waals surface area contributed by atoms with E-state index in [1.165, 1.54) is 16.8 Å². The van der Waals surface area contributed by atoms with Crippen molar-refractivity contribution in [1.82, 2.24) is 4.90 Å². The minimum absolute atomic E-state index is 0.212. The number of hydrogen-bond acceptors (Lipinski definition) is 7. The van der Waals surface area contributed by atoms with Crippen molar-refractivity contribution in [3.63, 3.8) is 0 Å². The maximum absolute atomic E-state index is 13.9. The van der Waals surface area contributed by atoms with Gasteiger partial charge in [0.1, 0.15) is 6.10 Å². The molecule has 2 aromatic rings. The van der Waals surface area contributed by atoms with Crippen molar-refractivity contribution in [3.05, 3.63) is 59.2 Å². The fraction of sp³-hybridized carbons (Fsp3) is 0.500. The topological polar surface area (TPSA) is 60.5 Å². The maximum Gasteiger partial charge on any atom is 0.338 e. The molecule has 1 spiro atoms. The van der Waals surface area contributed by atoms with Crippen LogP contribution in [0.5, 0.6) is 17.2 Å². The van der Waals surface area contributed by atoms with Gasteiger partial charge in [-0.2, -0.15) is 0 Å². The van der Waals surface area contributed by atoms with Crippen molar-refractivity contribution in [3.8, 4) is 17.2 Å². The fourth-order valence-electron chi connectivity index (χ4n) is 8.89. The van der Waals surface area contributed by atoms with Gasteiger partial charge < -0.3 is 23.8 Å². The maximum atomic E-state index is 13.9. The van der Waals surface area contributed by atoms with Gasteiger partial charge in [-0.3, -0.25) is 4.90 Å². The first-order valence-electron chi connectivity index (χ1n) is 13.2. The Kier molecular flexibility index (Phi) is 4.91. The Bertz CT molecular complexity index is 1300. The molecule has 1 unspecified atom stereocenters. The quantitative estimate of drug-likeness (QED) is 0.452. The smallest absolute Gasteiger partial charge is 0.338 e. The Morgan fingerprint density at radius 3 is 2.46 bits per heavy atom. The molecule has 194 valence electrons. The van der Waals surface area contributed by atoms with Gasteiger partial charge in [0.15, 0.2) is 11.5 Å². The predicted molar refractivity (Wildman–Crippen MR) is 140 cm³/mol. The molecule has 4 saturated heterocycles. The summed E-state index contributed by atoms with van der Waals surface area (Å²) in [6, 6.07) is 13.3. The zero-order chi connectivity index (χ0) is 25.6. The normalized spacial score (nSPS) is 36.9. The van der Waals surface area contributed by atoms with Gasteiger partial charge in [0.05, 0.1) is 38.3 Å². The summed E-state index contributed by atoms with van der Waals surface area (Å²) in [5.41, 5.74) is 4.31. The van der Waals surface area contributed by atoms with Crippen molar-refractivity contribution >= 4 is 11.7 Å². The lowest BCUT2D eigenvalue weighted by molar-refractivity contribution is -0.0390. The van der Waals surface area contributed by atoms with E-state index in [9.17, 15) is 4.79 Å². The summed E-state index contributed by atoms with van der Waals surface area (Å²) in [6.45, 7) is 3.19. The Labute approximate surface area is 217 Å². The number of carbonyl (C=O) groups is 1. The molecule has 2 aromatic carbocycles. The van der Waals surface area contributed by atoms with E-state index in [0.717, 1.165) is 19.4 Å². The largest absolute Gasteiger partial charge is 0.493 e. The molecule has 7 nitrogen and oxygen atoms in total. The third-order valence-electron chi connectivity index (χ3n) is 10.1. The van der Waals surface area contributed by atoms with Crippen LogP contribution in [-0.2, 0) is 10.2 Å². The van der Waals surface area contributed by atoms with Gasteiger partial charge in [-0.1, -0.05) is 29.8 Å². The van der Waals surface area contributed by atoms with E-state index in [2.05, 4.69) is 54.1 Å². The summed E-state index contributed by atoms with van der Waals surface area (Å²) in [5.74, 6) is 1.75. The lowest BCUT2D eigenvalue weighted by Crippen LogP contribution is -2.68. The number of carbonyl (C=O) groups excluding carboxylic acids is 1. The van der Waals surface area contributed by atoms with Crippen LogP contribution in [0.25, 0.3) is 0 Å². The Hall–Kier alpha value is -3.19. The molecule has 8 atom stereocenters. The first kappa shape index (κ1) is 23.0. The van der Waals surface area contributed by atoms with Gasteiger partial charge in [0.25, 0.3) is 0 Å². The Morgan fingerprint density at radius 1 is 1.05 bits per heavy atom. The first-order valence-corrected chi connectivity index (χ1v) is 13.2. The predicted octanol–water partition coefficient (Wildman–Crippen LogP) is 4.05. The van der Waals surface area contributed by atoms with E-state index < -0.39 is 0 Å². The minimum Gasteiger partial charge on any atom is -0.493 e. The standard InChI is InChI=1S/C30H34N2O5/c1-6-16-15-32-21-13-18(16)25-22(32)14-30(19-9-7-8-10-20(19)31(2)27(21)30)28(25)37-29(33)17-11-23(34-3)26(36-5)24(12-17)35-4/h6-12,18,21-22,25,27-28H,13-15H2,1-5H3/b16-6-/t18-,21-,22-,25+,27-,28+,30-/m0/s1. The lowest BCUT2D eigenvalue weighted by Gasteiger charge is -2.58. The SMILES string of the molecule is C/C=C1/CN2[C@H]3C[C@]45c6ccccc6N(C)[C@H]4[C@@H]2C[C@@H]1[C@H]3[C@H]5OC(=O)c1cc(OC)c(OC)c(OC)c1. The number of methoxy groups -OCH3 is 3. The molecule has 5 heterocycles. The van der Waals surface area contributed by atoms with Crippen LogP contribution >= 0.6 is 0 Å². The summed E-state index contributed by atoms with van der Waals surface area (Å²) in [5, 5.41) is 0. The molecule has 7 heteroatoms. The number of esters is 1. The number of likely N-dealkylation sites (N-methyl/N-ethyl adjacent to an activating group) is 1. The van der Waals surface area contributed by atoms with Gasteiger partial charge >= 0.3 is 5.97 Å². The lowest BCUT2D eigenvalue weighted by atomic mass is 9.65. The second-order valence-electron chi connectivity index (χ2n) is 11.1. The van der Waals surface area contributed by atoms with Crippen LogP contribution in [-0.4, -0.2) is 70.0 Å². The molecular weight excluding hydrogens is 468 g/mol. The number of hydrogen-bond donors (Lipinski definition) is 0. The van der Waals surface area contributed by atoms with Crippen LogP contribution < -0.4 is 19.1 Å². The van der Waals surface area contributed by atoms with Crippen molar-refractivity contribution < 1.29 is 23.7 Å². The van der Waals surface area contributed by atoms with Crippen molar-refractivity contribution in [2.24, 2.45) is 11.8 Å². The number of benzene rings is 2. The molecule has 6 aliphatic rings. The molecule has 8 rings (SSSR count). The first-order chi connectivity index (χ1) is 18.0. The van der Waals surface area contributed by atoms with Gasteiger partial charge in [-0.05, 0) is 49.4 Å². The number of para-hydroxylation sites is 1. The van der Waals surface area contributed by atoms with Crippen LogP contribution in [0.3, 0.4) is 0 Å². The van der Waals surface area contributed by atoms with Gasteiger partial charge in [-0.15, -0.1) is 0 Å². The summed E-state index contributed by atoms with van der Waals surface area (Å²) in [4.78, 5) is 19.1. The van der Waals surface area contributed by atoms with Crippen LogP contribution in [0.4, 0.5) is 5.69 Å². The number of ether oxygens (including phenoxy) is 4. The van der Waals surface area contributed by atoms with Crippen LogP contribution in [0.15, 0.2) is 48.0 Å². The zero-order valence-corrected chi connectivity index (χ0v) is 22.1. The van der Waals surface area contributed by atoms with Crippen LogP contribution in [0.2, 0.25) is 0 Å². The van der Waals surface area contributed by atoms with E-state index in [-0.39, 0.29) is 29.4 Å². The Morgan fingerprint density at radius 2 is 1.78 bits per heavy atom. The van der Waals surface area contributed by atoms with Gasteiger partial charge in [-0.25, -0.2) is 4.79 Å². The third-order valence-corrected chi connectivity index (χ3v) is 10.1. The molecule has 0 amide bonds. The molecule has 6 bridgehead atoms. The molecule has 5 fully saturated rings. The molecule has 37 heavy (non-hydrogen) atoms. The fourth-order valence-corrected chi connectivity index (χ4v) is 8.89. The van der Waals surface area contributed by atoms with Crippen molar-refractivity contribution in [2.75, 3.05) is 39.8 Å². The number of piperidine rings is 4. The highest BCUT2D eigenvalue weighted by Gasteiger charge is 2.75. The number of allylic oxidation sites excluding steroid dienone is 1. The van der Waals surface area contributed by atoms with Crippen LogP contribution in [0.1, 0.15) is 35.7 Å². The highest BCUT2D eigenvalue weighted by atomic mass is 16.5. The van der Waals surface area contributed by atoms with Gasteiger partial charge in [0, 0.05) is 37.3 Å². The number of anilines is 1. The van der Waals surface area contributed by atoms with E-state index in [0.29, 0.717) is 40.8 Å². The van der Waals surface area contributed by atoms with E-state index in [1.807, 2.05) is 0 Å². The van der Waals surface area contributed by atoms with E-state index in [1.54, 1.807) is 33.5 Å². The molecule has 0 N–H and O–H groups in total. The molecular formula is C30H34N2O5. The third kappa shape index (κ3) is 2.73. The van der Waals surface area contributed by atoms with Crippen LogP contribution in [0, 0.1) is 11.8 Å². The van der Waals surface area contributed by atoms with Crippen molar-refractivity contribution in [2.45, 2.75) is 49.4 Å². The second kappa shape index (κ2) is 7.90. The molecule has 1 saturated carbocycles. The summed E-state index contributed by atoms with van der Waals surface area (Å²) in [6.07, 6.45) is 4.24. The number of rotatable bonds is 5. The zero-order valence-electron chi connectivity index (χ0n) is 22.1. The highest BCUT2D eigenvalue weighted by Crippen LogP contribution is 2.68. The van der Waals surface area contributed by atoms with E-state index in [4.69, 9.17) is 18.9 Å². The second-order valence-corrected chi connectivity index (χ2v) is 11.1. The highest BCUT2D eigenvalue weighted by molar-refractivity contribution is 5.91.